The first-order chi connectivity index (χ1) is 11.0. The number of hydrogen-bond acceptors (Lipinski definition) is 4. The quantitative estimate of drug-likeness (QED) is 0.864. The average Bonchev–Trinajstić information content (AvgIpc) is 3.17. The molecule has 2 fully saturated rings. The summed E-state index contributed by atoms with van der Waals surface area (Å²) in [5.74, 6) is 1.57. The van der Waals surface area contributed by atoms with E-state index in [1.165, 1.54) is 57.2 Å². The minimum atomic E-state index is -3.63. The molecule has 0 amide bonds. The third-order valence-electron chi connectivity index (χ3n) is 5.16. The van der Waals surface area contributed by atoms with Gasteiger partial charge < -0.3 is 4.74 Å². The summed E-state index contributed by atoms with van der Waals surface area (Å²) in [5, 5.41) is 5.09. The molecule has 1 aliphatic heterocycles. The Bertz CT molecular complexity index is 609. The molecule has 3 rings (SSSR count). The van der Waals surface area contributed by atoms with E-state index in [-0.39, 0.29) is 4.90 Å². The highest BCUT2D eigenvalue weighted by Gasteiger charge is 2.32. The van der Waals surface area contributed by atoms with Crippen molar-refractivity contribution in [2.75, 3.05) is 19.7 Å². The Balaban J connectivity index is 1.49. The van der Waals surface area contributed by atoms with E-state index in [1.807, 2.05) is 0 Å². The number of primary sulfonamides is 1. The Morgan fingerprint density at radius 1 is 1.09 bits per heavy atom. The van der Waals surface area contributed by atoms with Crippen LogP contribution in [0.3, 0.4) is 0 Å². The summed E-state index contributed by atoms with van der Waals surface area (Å²) < 4.78 is 28.2. The zero-order valence-electron chi connectivity index (χ0n) is 13.5. The van der Waals surface area contributed by atoms with Gasteiger partial charge in [0.1, 0.15) is 12.4 Å². The van der Waals surface area contributed by atoms with Crippen LogP contribution in [-0.2, 0) is 10.0 Å². The number of rotatable bonds is 6. The first-order valence-corrected chi connectivity index (χ1v) is 10.1. The lowest BCUT2D eigenvalue weighted by Crippen LogP contribution is -2.37. The van der Waals surface area contributed by atoms with Gasteiger partial charge in [0.15, 0.2) is 0 Å². The van der Waals surface area contributed by atoms with Crippen LogP contribution in [0.2, 0.25) is 0 Å². The number of hydrogen-bond donors (Lipinski definition) is 1. The Labute approximate surface area is 138 Å². The maximum absolute atomic E-state index is 11.2. The summed E-state index contributed by atoms with van der Waals surface area (Å²) >= 11 is 0. The molecular formula is C17H26N2O3S. The van der Waals surface area contributed by atoms with Crippen molar-refractivity contribution in [3.05, 3.63) is 24.3 Å². The van der Waals surface area contributed by atoms with Crippen molar-refractivity contribution < 1.29 is 13.2 Å². The predicted molar refractivity (Wildman–Crippen MR) is 89.9 cm³/mol. The Morgan fingerprint density at radius 3 is 2.43 bits per heavy atom. The van der Waals surface area contributed by atoms with Crippen molar-refractivity contribution >= 4 is 10.0 Å². The topological polar surface area (TPSA) is 72.6 Å². The van der Waals surface area contributed by atoms with Gasteiger partial charge in [-0.1, -0.05) is 12.8 Å². The molecule has 1 heterocycles. The number of benzene rings is 1. The number of nitrogens with zero attached hydrogens (tertiary/aromatic N) is 1. The molecular weight excluding hydrogens is 312 g/mol. The molecule has 128 valence electrons. The summed E-state index contributed by atoms with van der Waals surface area (Å²) in [6.45, 7) is 2.75. The van der Waals surface area contributed by atoms with Crippen molar-refractivity contribution in [2.24, 2.45) is 11.1 Å². The summed E-state index contributed by atoms with van der Waals surface area (Å²) in [4.78, 5) is 2.69. The number of nitrogens with two attached hydrogens (primary N) is 1. The van der Waals surface area contributed by atoms with Crippen LogP contribution in [0.5, 0.6) is 5.75 Å². The van der Waals surface area contributed by atoms with Crippen molar-refractivity contribution in [3.8, 4) is 5.75 Å². The van der Waals surface area contributed by atoms with Crippen molar-refractivity contribution in [1.82, 2.24) is 4.90 Å². The van der Waals surface area contributed by atoms with E-state index < -0.39 is 10.0 Å². The molecule has 0 spiro atoms. The largest absolute Gasteiger partial charge is 0.492 e. The Kier molecular flexibility index (Phi) is 5.24. The standard InChI is InChI=1S/C17H26N2O3S/c18-23(20,21)16-9-7-15(8-10-16)22-13-12-19-11-3-6-17(19)14-4-1-2-5-14/h7-10,14,17H,1-6,11-13H2,(H2,18,20,21). The second-order valence-corrected chi connectivity index (χ2v) is 8.22. The average molecular weight is 338 g/mol. The molecule has 2 N–H and O–H groups in total. The fraction of sp³-hybridized carbons (Fsp3) is 0.647. The van der Waals surface area contributed by atoms with Gasteiger partial charge in [-0.2, -0.15) is 0 Å². The molecule has 1 aromatic rings. The fourth-order valence-electron chi connectivity index (χ4n) is 4.01. The van der Waals surface area contributed by atoms with Gasteiger partial charge in [-0.05, 0) is 62.4 Å². The third kappa shape index (κ3) is 4.25. The monoisotopic (exact) mass is 338 g/mol. The van der Waals surface area contributed by atoms with Gasteiger partial charge in [0, 0.05) is 12.6 Å². The van der Waals surface area contributed by atoms with Gasteiger partial charge in [0.05, 0.1) is 4.90 Å². The van der Waals surface area contributed by atoms with Gasteiger partial charge in [-0.15, -0.1) is 0 Å². The third-order valence-corrected chi connectivity index (χ3v) is 6.09. The zero-order valence-corrected chi connectivity index (χ0v) is 14.3. The minimum absolute atomic E-state index is 0.116. The minimum Gasteiger partial charge on any atom is -0.492 e. The Hall–Kier alpha value is -1.11. The van der Waals surface area contributed by atoms with Crippen LogP contribution in [0.15, 0.2) is 29.2 Å². The summed E-state index contributed by atoms with van der Waals surface area (Å²) in [5.41, 5.74) is 0. The smallest absolute Gasteiger partial charge is 0.238 e. The van der Waals surface area contributed by atoms with Crippen LogP contribution in [0.25, 0.3) is 0 Å². The molecule has 0 aromatic heterocycles. The molecule has 1 aromatic carbocycles. The van der Waals surface area contributed by atoms with Gasteiger partial charge in [-0.25, -0.2) is 13.6 Å². The first kappa shape index (κ1) is 16.7. The van der Waals surface area contributed by atoms with E-state index in [9.17, 15) is 8.42 Å². The van der Waals surface area contributed by atoms with Gasteiger partial charge in [-0.3, -0.25) is 4.90 Å². The second-order valence-electron chi connectivity index (χ2n) is 6.65. The SMILES string of the molecule is NS(=O)(=O)c1ccc(OCCN2CCCC2C2CCCC2)cc1. The molecule has 6 heteroatoms. The zero-order chi connectivity index (χ0) is 16.3. The van der Waals surface area contributed by atoms with Crippen molar-refractivity contribution in [1.29, 1.82) is 0 Å². The lowest BCUT2D eigenvalue weighted by Gasteiger charge is -2.29. The molecule has 1 unspecified atom stereocenters. The molecule has 1 aliphatic carbocycles. The van der Waals surface area contributed by atoms with Gasteiger partial charge in [0.25, 0.3) is 0 Å². The van der Waals surface area contributed by atoms with Gasteiger partial charge in [0.2, 0.25) is 10.0 Å². The molecule has 0 bridgehead atoms. The fourth-order valence-corrected chi connectivity index (χ4v) is 4.53. The van der Waals surface area contributed by atoms with E-state index in [2.05, 4.69) is 4.90 Å². The van der Waals surface area contributed by atoms with E-state index in [0.717, 1.165) is 18.5 Å². The van der Waals surface area contributed by atoms with Crippen LogP contribution in [0.4, 0.5) is 0 Å². The number of sulfonamides is 1. The van der Waals surface area contributed by atoms with E-state index >= 15 is 0 Å². The molecule has 2 aliphatic rings. The summed E-state index contributed by atoms with van der Waals surface area (Å²) in [7, 11) is -3.63. The highest BCUT2D eigenvalue weighted by atomic mass is 32.2. The lowest BCUT2D eigenvalue weighted by molar-refractivity contribution is 0.158. The number of likely N-dealkylation sites (tertiary alicyclic amines) is 1. The molecule has 5 nitrogen and oxygen atoms in total. The van der Waals surface area contributed by atoms with E-state index in [1.54, 1.807) is 12.1 Å². The maximum atomic E-state index is 11.2. The number of ether oxygens (including phenoxy) is 1. The predicted octanol–water partition coefficient (Wildman–Crippen LogP) is 2.37. The van der Waals surface area contributed by atoms with Crippen LogP contribution in [0, 0.1) is 5.92 Å². The molecule has 1 saturated heterocycles. The van der Waals surface area contributed by atoms with Crippen LogP contribution in [0.1, 0.15) is 38.5 Å². The van der Waals surface area contributed by atoms with Crippen LogP contribution < -0.4 is 9.88 Å². The molecule has 0 radical (unpaired) electrons. The second kappa shape index (κ2) is 7.20. The normalized spacial score (nSPS) is 23.4. The van der Waals surface area contributed by atoms with Crippen molar-refractivity contribution in [3.63, 3.8) is 0 Å². The maximum Gasteiger partial charge on any atom is 0.238 e. The highest BCUT2D eigenvalue weighted by Crippen LogP contribution is 2.35. The molecule has 1 atom stereocenters. The first-order valence-electron chi connectivity index (χ1n) is 8.54. The molecule has 23 heavy (non-hydrogen) atoms. The summed E-state index contributed by atoms with van der Waals surface area (Å²) in [6.07, 6.45) is 8.18. The van der Waals surface area contributed by atoms with E-state index in [0.29, 0.717) is 12.4 Å². The van der Waals surface area contributed by atoms with Crippen molar-refractivity contribution in [2.45, 2.75) is 49.5 Å². The Morgan fingerprint density at radius 2 is 1.78 bits per heavy atom. The van der Waals surface area contributed by atoms with Crippen LogP contribution >= 0.6 is 0 Å². The van der Waals surface area contributed by atoms with E-state index in [4.69, 9.17) is 9.88 Å². The summed E-state index contributed by atoms with van der Waals surface area (Å²) in [6, 6.07) is 7.05. The lowest BCUT2D eigenvalue weighted by atomic mass is 9.96. The van der Waals surface area contributed by atoms with Crippen LogP contribution in [-0.4, -0.2) is 39.1 Å². The highest BCUT2D eigenvalue weighted by molar-refractivity contribution is 7.89. The van der Waals surface area contributed by atoms with Gasteiger partial charge >= 0.3 is 0 Å². The molecule has 1 saturated carbocycles.